The molecule has 5 heteroatoms. The van der Waals surface area contributed by atoms with Crippen LogP contribution in [0.25, 0.3) is 0 Å². The van der Waals surface area contributed by atoms with Crippen molar-refractivity contribution in [2.75, 3.05) is 0 Å². The van der Waals surface area contributed by atoms with Crippen molar-refractivity contribution >= 4 is 18.8 Å². The first-order valence-corrected chi connectivity index (χ1v) is 12.0. The third kappa shape index (κ3) is 6.00. The second-order valence-corrected chi connectivity index (χ2v) is 15.0. The van der Waals surface area contributed by atoms with E-state index in [4.69, 9.17) is 5.21 Å². The predicted molar refractivity (Wildman–Crippen MR) is 29.8 cm³/mol. The van der Waals surface area contributed by atoms with Crippen LogP contribution >= 0.6 is 0 Å². The Labute approximate surface area is 52.4 Å². The van der Waals surface area contributed by atoms with Crippen molar-refractivity contribution in [3.8, 4) is 0 Å². The van der Waals surface area contributed by atoms with Gasteiger partial charge in [0.25, 0.3) is 0 Å². The molecule has 0 aliphatic heterocycles. The molecule has 8 heavy (non-hydrogen) atoms. The summed E-state index contributed by atoms with van der Waals surface area (Å²) in [4.78, 5) is 15.4. The van der Waals surface area contributed by atoms with E-state index in [1.165, 1.54) is 0 Å². The molecule has 0 radical (unpaired) electrons. The van der Waals surface area contributed by atoms with Crippen LogP contribution in [0.2, 0.25) is 14.8 Å². The summed E-state index contributed by atoms with van der Waals surface area (Å²) in [5, 5.41) is 7.55. The quantitative estimate of drug-likeness (QED) is 0.563. The fraction of sp³-hybridized carbons (Fsp3) is 1.00. The van der Waals surface area contributed by atoms with E-state index >= 15 is 0 Å². The molecule has 0 amide bonds. The first-order chi connectivity index (χ1) is 3.42. The van der Waals surface area contributed by atoms with Gasteiger partial charge in [-0.25, -0.2) is 0 Å². The maximum atomic E-state index is 9.76. The molecule has 0 saturated heterocycles. The fourth-order valence-corrected chi connectivity index (χ4v) is 1.57. The molecule has 0 bridgehead atoms. The van der Waals surface area contributed by atoms with Crippen LogP contribution in [0.5, 0.6) is 0 Å². The molecular formula is C3H10NO3Sn+. The zero-order valence-electron chi connectivity index (χ0n) is 5.21. The van der Waals surface area contributed by atoms with E-state index in [9.17, 15) is 4.91 Å². The summed E-state index contributed by atoms with van der Waals surface area (Å²) in [6, 6.07) is 0. The van der Waals surface area contributed by atoms with Crippen LogP contribution in [0.4, 0.5) is 0 Å². The van der Waals surface area contributed by atoms with Gasteiger partial charge in [-0.1, -0.05) is 0 Å². The Morgan fingerprint density at radius 1 is 1.50 bits per heavy atom. The topological polar surface area (TPSA) is 49.5 Å². The molecule has 0 fully saturated rings. The molecule has 0 unspecified atom stereocenters. The Kier molecular flexibility index (Phi) is 2.52. The summed E-state index contributed by atoms with van der Waals surface area (Å²) in [6.45, 7) is 0. The molecule has 48 valence electrons. The normalized spacial score (nSPS) is 10.9. The van der Waals surface area contributed by atoms with Gasteiger partial charge in [-0.2, -0.15) is 0 Å². The predicted octanol–water partition coefficient (Wildman–Crippen LogP) is 0.921. The van der Waals surface area contributed by atoms with E-state index < -0.39 is 23.9 Å². The summed E-state index contributed by atoms with van der Waals surface area (Å²) in [5.41, 5.74) is 0. The van der Waals surface area contributed by atoms with E-state index in [0.717, 1.165) is 0 Å². The minimum atomic E-state index is -2.49. The van der Waals surface area contributed by atoms with Crippen molar-refractivity contribution in [3.63, 3.8) is 0 Å². The first kappa shape index (κ1) is 8.00. The Hall–Kier alpha value is -0.00130. The third-order valence-corrected chi connectivity index (χ3v) is 2.36. The molecular weight excluding hydrogens is 217 g/mol. The molecule has 1 N–H and O–H groups in total. The van der Waals surface area contributed by atoms with Crippen molar-refractivity contribution in [2.24, 2.45) is 0 Å². The summed E-state index contributed by atoms with van der Waals surface area (Å²) >= 11 is -2.49. The van der Waals surface area contributed by atoms with E-state index in [2.05, 4.69) is 3.17 Å². The maximum absolute atomic E-state index is 9.76. The van der Waals surface area contributed by atoms with Crippen LogP contribution in [-0.4, -0.2) is 29.1 Å². The van der Waals surface area contributed by atoms with Crippen LogP contribution in [0, 0.1) is 4.91 Å². The molecule has 0 heterocycles. The summed E-state index contributed by atoms with van der Waals surface area (Å²) < 4.78 is 4.48. The van der Waals surface area contributed by atoms with E-state index in [1.54, 1.807) is 0 Å². The first-order valence-electron chi connectivity index (χ1n) is 2.27. The van der Waals surface area contributed by atoms with Crippen LogP contribution < -0.4 is 0 Å². The molecule has 0 atom stereocenters. The van der Waals surface area contributed by atoms with Crippen molar-refractivity contribution < 1.29 is 13.5 Å². The Morgan fingerprint density at radius 2 is 1.88 bits per heavy atom. The number of hydrogen-bond donors (Lipinski definition) is 1. The van der Waals surface area contributed by atoms with Crippen molar-refractivity contribution in [3.05, 3.63) is 4.91 Å². The summed E-state index contributed by atoms with van der Waals surface area (Å²) in [5.74, 6) is 0. The molecule has 0 aliphatic carbocycles. The van der Waals surface area contributed by atoms with Gasteiger partial charge in [-0.05, 0) is 0 Å². The van der Waals surface area contributed by atoms with Gasteiger partial charge >= 0.3 is 52.0 Å². The Balaban J connectivity index is 3.55. The molecule has 0 aliphatic rings. The molecule has 4 nitrogen and oxygen atoms in total. The fourth-order valence-electron chi connectivity index (χ4n) is 0.234. The second kappa shape index (κ2) is 2.52. The number of rotatable bonds is 2. The van der Waals surface area contributed by atoms with Gasteiger partial charge in [0.05, 0.1) is 0 Å². The SMILES string of the molecule is [CH3][Sn]([CH3])([CH3])[O][N+](=O)O. The average molecular weight is 227 g/mol. The van der Waals surface area contributed by atoms with Gasteiger partial charge in [-0.3, -0.25) is 0 Å². The van der Waals surface area contributed by atoms with Gasteiger partial charge < -0.3 is 0 Å². The number of hydrogen-bond acceptors (Lipinski definition) is 2. The zero-order valence-corrected chi connectivity index (χ0v) is 8.07. The van der Waals surface area contributed by atoms with Gasteiger partial charge in [-0.15, -0.1) is 0 Å². The van der Waals surface area contributed by atoms with Crippen molar-refractivity contribution in [1.29, 1.82) is 0 Å². The molecule has 0 aromatic carbocycles. The Bertz CT molecular complexity index is 97.2. The molecule has 0 rings (SSSR count). The molecule has 0 aromatic rings. The van der Waals surface area contributed by atoms with Gasteiger partial charge in [0.2, 0.25) is 0 Å². The minimum absolute atomic E-state index is 0.448. The average Bonchev–Trinajstić information content (AvgIpc) is 1.21. The molecule has 0 aromatic heterocycles. The summed E-state index contributed by atoms with van der Waals surface area (Å²) in [7, 11) is 0. The zero-order chi connectivity index (χ0) is 6.78. The second-order valence-electron chi connectivity index (χ2n) is 2.44. The van der Waals surface area contributed by atoms with E-state index in [1.807, 2.05) is 14.8 Å². The van der Waals surface area contributed by atoms with E-state index in [-0.39, 0.29) is 0 Å². The standard InChI is InChI=1S/3CH3.HNO3.Sn/c;;;2-1(3)4;/h3*1H3;(H,2,3,4);/q;;;;+1. The van der Waals surface area contributed by atoms with Crippen LogP contribution in [0.15, 0.2) is 0 Å². The van der Waals surface area contributed by atoms with Crippen LogP contribution in [0.3, 0.4) is 0 Å². The number of nitrogens with zero attached hydrogens (tertiary/aromatic N) is 1. The third-order valence-electron chi connectivity index (χ3n) is 0.352. The monoisotopic (exact) mass is 228 g/mol. The van der Waals surface area contributed by atoms with E-state index in [0.29, 0.717) is 0 Å². The van der Waals surface area contributed by atoms with Crippen molar-refractivity contribution in [2.45, 2.75) is 14.8 Å². The van der Waals surface area contributed by atoms with Gasteiger partial charge in [0.1, 0.15) is 0 Å². The van der Waals surface area contributed by atoms with Crippen LogP contribution in [-0.2, 0) is 3.17 Å². The van der Waals surface area contributed by atoms with Gasteiger partial charge in [0.15, 0.2) is 0 Å². The van der Waals surface area contributed by atoms with Crippen molar-refractivity contribution in [1.82, 2.24) is 0 Å². The van der Waals surface area contributed by atoms with Gasteiger partial charge in [0, 0.05) is 0 Å². The van der Waals surface area contributed by atoms with Crippen LogP contribution in [0.1, 0.15) is 0 Å². The Morgan fingerprint density at radius 3 is 1.88 bits per heavy atom. The molecule has 0 spiro atoms. The summed E-state index contributed by atoms with van der Waals surface area (Å²) in [6.07, 6.45) is 0. The molecule has 0 saturated carbocycles.